The van der Waals surface area contributed by atoms with Crippen LogP contribution in [0.2, 0.25) is 0 Å². The number of anilines is 1. The standard InChI is InChI=1S/C20H28N2O5S2/c1-19(2,3)16-12-28-17(21-16)15(18(23)27-20(4,5)6)11-13-7-9-14(10-8-13)22-29(24,25)26/h7-10,12,15,22H,11H2,1-6H3,(H,24,25,26)/t15-/m1/s1. The highest BCUT2D eigenvalue weighted by Crippen LogP contribution is 2.31. The van der Waals surface area contributed by atoms with Crippen molar-refractivity contribution in [2.45, 2.75) is 64.9 Å². The van der Waals surface area contributed by atoms with Gasteiger partial charge < -0.3 is 4.74 Å². The Labute approximate surface area is 176 Å². The van der Waals surface area contributed by atoms with E-state index in [0.717, 1.165) is 11.3 Å². The molecule has 2 N–H and O–H groups in total. The van der Waals surface area contributed by atoms with Gasteiger partial charge in [-0.2, -0.15) is 8.42 Å². The van der Waals surface area contributed by atoms with Gasteiger partial charge in [-0.05, 0) is 44.9 Å². The second-order valence-electron chi connectivity index (χ2n) is 8.89. The smallest absolute Gasteiger partial charge is 0.357 e. The molecule has 0 amide bonds. The SMILES string of the molecule is CC(C)(C)OC(=O)[C@H](Cc1ccc(NS(=O)(=O)O)cc1)c1nc(C(C)(C)C)cs1. The van der Waals surface area contributed by atoms with Crippen molar-refractivity contribution in [1.82, 2.24) is 4.98 Å². The van der Waals surface area contributed by atoms with E-state index in [0.29, 0.717) is 11.4 Å². The topological polar surface area (TPSA) is 106 Å². The molecule has 0 radical (unpaired) electrons. The van der Waals surface area contributed by atoms with Crippen LogP contribution in [0, 0.1) is 0 Å². The van der Waals surface area contributed by atoms with Crippen molar-refractivity contribution >= 4 is 33.3 Å². The summed E-state index contributed by atoms with van der Waals surface area (Å²) in [4.78, 5) is 17.6. The highest BCUT2D eigenvalue weighted by Gasteiger charge is 2.30. The Balaban J connectivity index is 2.30. The van der Waals surface area contributed by atoms with Gasteiger partial charge in [0.2, 0.25) is 0 Å². The number of benzene rings is 1. The molecule has 0 aliphatic heterocycles. The Morgan fingerprint density at radius 1 is 1.17 bits per heavy atom. The van der Waals surface area contributed by atoms with Crippen LogP contribution in [0.25, 0.3) is 0 Å². The molecule has 7 nitrogen and oxygen atoms in total. The molecule has 0 saturated carbocycles. The molecule has 1 heterocycles. The van der Waals surface area contributed by atoms with E-state index in [9.17, 15) is 13.2 Å². The number of carbonyl (C=O) groups excluding carboxylic acids is 1. The van der Waals surface area contributed by atoms with Gasteiger partial charge in [-0.3, -0.25) is 14.1 Å². The summed E-state index contributed by atoms with van der Waals surface area (Å²) in [6, 6.07) is 6.45. The predicted octanol–water partition coefficient (Wildman–Crippen LogP) is 4.32. The molecular formula is C20H28N2O5S2. The number of nitrogens with zero attached hydrogens (tertiary/aromatic N) is 1. The van der Waals surface area contributed by atoms with E-state index in [2.05, 4.69) is 25.8 Å². The van der Waals surface area contributed by atoms with Crippen molar-refractivity contribution in [3.05, 3.63) is 45.9 Å². The minimum Gasteiger partial charge on any atom is -0.459 e. The molecule has 0 aliphatic rings. The maximum Gasteiger partial charge on any atom is 0.357 e. The van der Waals surface area contributed by atoms with Gasteiger partial charge in [0, 0.05) is 10.8 Å². The molecule has 1 aromatic heterocycles. The van der Waals surface area contributed by atoms with Crippen LogP contribution >= 0.6 is 11.3 Å². The van der Waals surface area contributed by atoms with Crippen LogP contribution in [0.4, 0.5) is 5.69 Å². The van der Waals surface area contributed by atoms with Crippen molar-refractivity contribution in [3.63, 3.8) is 0 Å². The highest BCUT2D eigenvalue weighted by molar-refractivity contribution is 7.87. The fourth-order valence-electron chi connectivity index (χ4n) is 2.53. The first-order valence-electron chi connectivity index (χ1n) is 9.17. The number of thiazole rings is 1. The van der Waals surface area contributed by atoms with Gasteiger partial charge in [-0.1, -0.05) is 32.9 Å². The fraction of sp³-hybridized carbons (Fsp3) is 0.500. The van der Waals surface area contributed by atoms with Gasteiger partial charge in [0.25, 0.3) is 0 Å². The summed E-state index contributed by atoms with van der Waals surface area (Å²) in [7, 11) is -4.33. The summed E-state index contributed by atoms with van der Waals surface area (Å²) in [5.41, 5.74) is 1.21. The molecule has 0 fully saturated rings. The lowest BCUT2D eigenvalue weighted by atomic mass is 9.93. The molecule has 0 aliphatic carbocycles. The zero-order chi connectivity index (χ0) is 22.0. The van der Waals surface area contributed by atoms with Crippen LogP contribution < -0.4 is 4.72 Å². The first kappa shape index (κ1) is 23.3. The van der Waals surface area contributed by atoms with Crippen LogP contribution in [0.1, 0.15) is 63.7 Å². The second kappa shape index (κ2) is 8.41. The van der Waals surface area contributed by atoms with E-state index in [1.165, 1.54) is 23.5 Å². The second-order valence-corrected chi connectivity index (χ2v) is 10.9. The molecule has 0 bridgehead atoms. The summed E-state index contributed by atoms with van der Waals surface area (Å²) in [5, 5.41) is 2.65. The lowest BCUT2D eigenvalue weighted by Gasteiger charge is -2.23. The molecule has 2 aromatic rings. The molecule has 1 atom stereocenters. The Morgan fingerprint density at radius 2 is 1.76 bits per heavy atom. The monoisotopic (exact) mass is 440 g/mol. The van der Waals surface area contributed by atoms with Crippen LogP contribution in [-0.2, 0) is 31.7 Å². The minimum atomic E-state index is -4.33. The highest BCUT2D eigenvalue weighted by atomic mass is 32.2. The average Bonchev–Trinajstić information content (AvgIpc) is 3.00. The van der Waals surface area contributed by atoms with E-state index in [1.54, 1.807) is 12.1 Å². The average molecular weight is 441 g/mol. The molecule has 0 spiro atoms. The van der Waals surface area contributed by atoms with Crippen molar-refractivity contribution < 1.29 is 22.5 Å². The Morgan fingerprint density at radius 3 is 2.21 bits per heavy atom. The Bertz CT molecular complexity index is 952. The fourth-order valence-corrected chi connectivity index (χ4v) is 4.10. The van der Waals surface area contributed by atoms with E-state index >= 15 is 0 Å². The molecule has 0 unspecified atom stereocenters. The third-order valence-corrected chi connectivity index (χ3v) is 5.37. The maximum absolute atomic E-state index is 12.9. The maximum atomic E-state index is 12.9. The molecule has 160 valence electrons. The van der Waals surface area contributed by atoms with Crippen LogP contribution in [0.5, 0.6) is 0 Å². The number of hydrogen-bond donors (Lipinski definition) is 2. The number of nitrogens with one attached hydrogen (secondary N) is 1. The van der Waals surface area contributed by atoms with Crippen molar-refractivity contribution in [3.8, 4) is 0 Å². The van der Waals surface area contributed by atoms with Gasteiger partial charge in [0.05, 0.1) is 11.4 Å². The molecule has 1 aromatic carbocycles. The number of carbonyl (C=O) groups is 1. The molecule has 29 heavy (non-hydrogen) atoms. The lowest BCUT2D eigenvalue weighted by molar-refractivity contribution is -0.156. The van der Waals surface area contributed by atoms with Gasteiger partial charge >= 0.3 is 16.3 Å². The van der Waals surface area contributed by atoms with Gasteiger partial charge in [-0.25, -0.2) is 4.98 Å². The minimum absolute atomic E-state index is 0.129. The molecule has 2 rings (SSSR count). The molecular weight excluding hydrogens is 412 g/mol. The van der Waals surface area contributed by atoms with Crippen molar-refractivity contribution in [2.24, 2.45) is 0 Å². The predicted molar refractivity (Wildman–Crippen MR) is 115 cm³/mol. The molecule has 9 heteroatoms. The van der Waals surface area contributed by atoms with Gasteiger partial charge in [0.1, 0.15) is 16.5 Å². The van der Waals surface area contributed by atoms with Gasteiger partial charge in [-0.15, -0.1) is 11.3 Å². The first-order valence-corrected chi connectivity index (χ1v) is 11.5. The number of esters is 1. The number of ether oxygens (including phenoxy) is 1. The van der Waals surface area contributed by atoms with Gasteiger partial charge in [0.15, 0.2) is 0 Å². The van der Waals surface area contributed by atoms with E-state index in [1.807, 2.05) is 30.9 Å². The Hall–Kier alpha value is -1.97. The lowest BCUT2D eigenvalue weighted by Crippen LogP contribution is -2.29. The largest absolute Gasteiger partial charge is 0.459 e. The van der Waals surface area contributed by atoms with E-state index in [-0.39, 0.29) is 17.1 Å². The third kappa shape index (κ3) is 7.41. The zero-order valence-corrected chi connectivity index (χ0v) is 19.1. The summed E-state index contributed by atoms with van der Waals surface area (Å²) in [5.74, 6) is -0.928. The Kier molecular flexibility index (Phi) is 6.76. The molecule has 0 saturated heterocycles. The van der Waals surface area contributed by atoms with Crippen LogP contribution in [-0.4, -0.2) is 29.5 Å². The van der Waals surface area contributed by atoms with Crippen LogP contribution in [0.3, 0.4) is 0 Å². The van der Waals surface area contributed by atoms with Crippen molar-refractivity contribution in [1.29, 1.82) is 0 Å². The van der Waals surface area contributed by atoms with E-state index in [4.69, 9.17) is 9.29 Å². The summed E-state index contributed by atoms with van der Waals surface area (Å²) in [6.07, 6.45) is 0.359. The summed E-state index contributed by atoms with van der Waals surface area (Å²) < 4.78 is 38.3. The van der Waals surface area contributed by atoms with E-state index < -0.39 is 21.8 Å². The quantitative estimate of drug-likeness (QED) is 0.512. The number of hydrogen-bond acceptors (Lipinski definition) is 6. The zero-order valence-electron chi connectivity index (χ0n) is 17.5. The third-order valence-electron chi connectivity index (χ3n) is 3.92. The number of rotatable bonds is 6. The van der Waals surface area contributed by atoms with Crippen LogP contribution in [0.15, 0.2) is 29.6 Å². The number of aromatic nitrogens is 1. The van der Waals surface area contributed by atoms with Crippen molar-refractivity contribution in [2.75, 3.05) is 4.72 Å². The summed E-state index contributed by atoms with van der Waals surface area (Å²) in [6.45, 7) is 11.7. The normalized spacial score (nSPS) is 13.8. The summed E-state index contributed by atoms with van der Waals surface area (Å²) >= 11 is 1.43. The first-order chi connectivity index (χ1) is 13.1.